The molecule has 0 atom stereocenters. The highest BCUT2D eigenvalue weighted by molar-refractivity contribution is 7.80. The molecular weight excluding hydrogens is 190 g/mol. The Morgan fingerprint density at radius 2 is 2.25 bits per heavy atom. The molecule has 0 heterocycles. The van der Waals surface area contributed by atoms with Crippen LogP contribution in [0.4, 0.5) is 5.69 Å². The fraction of sp³-hybridized carbons (Fsp3) is 0.111. The number of benzene rings is 1. The number of hydrogen-bond donors (Lipinski definition) is 2. The van der Waals surface area contributed by atoms with E-state index in [9.17, 15) is 0 Å². The smallest absolute Gasteiger partial charge is 0.0635 e. The van der Waals surface area contributed by atoms with E-state index in [2.05, 4.69) is 12.6 Å². The van der Waals surface area contributed by atoms with Gasteiger partial charge >= 0.3 is 0 Å². The van der Waals surface area contributed by atoms with Gasteiger partial charge in [-0.2, -0.15) is 12.6 Å². The topological polar surface area (TPSA) is 26.0 Å². The summed E-state index contributed by atoms with van der Waals surface area (Å²) in [5.74, 6) is 0.725. The first-order valence-electron chi connectivity index (χ1n) is 3.56. The Labute approximate surface area is 82.6 Å². The van der Waals surface area contributed by atoms with Crippen molar-refractivity contribution in [2.24, 2.45) is 0 Å². The minimum absolute atomic E-state index is 0.595. The summed E-state index contributed by atoms with van der Waals surface area (Å²) in [6, 6.07) is 5.54. The molecule has 1 aromatic rings. The maximum absolute atomic E-state index is 5.75. The second-order valence-electron chi connectivity index (χ2n) is 2.37. The van der Waals surface area contributed by atoms with Crippen LogP contribution in [0.15, 0.2) is 24.3 Å². The fourth-order valence-electron chi connectivity index (χ4n) is 0.855. The van der Waals surface area contributed by atoms with Crippen LogP contribution in [0.5, 0.6) is 0 Å². The van der Waals surface area contributed by atoms with Crippen molar-refractivity contribution in [3.05, 3.63) is 34.9 Å². The third-order valence-electron chi connectivity index (χ3n) is 1.44. The Hall–Kier alpha value is -0.600. The average molecular weight is 200 g/mol. The van der Waals surface area contributed by atoms with Crippen LogP contribution < -0.4 is 5.73 Å². The highest BCUT2D eigenvalue weighted by Gasteiger charge is 1.94. The van der Waals surface area contributed by atoms with E-state index in [0.29, 0.717) is 10.7 Å². The van der Waals surface area contributed by atoms with Crippen LogP contribution in [-0.4, -0.2) is 5.75 Å². The summed E-state index contributed by atoms with van der Waals surface area (Å²) in [6.45, 7) is 0. The van der Waals surface area contributed by atoms with Gasteiger partial charge in [0.2, 0.25) is 0 Å². The predicted molar refractivity (Wildman–Crippen MR) is 58.8 cm³/mol. The summed E-state index contributed by atoms with van der Waals surface area (Å²) in [5.41, 5.74) is 7.26. The zero-order valence-electron chi connectivity index (χ0n) is 6.50. The number of hydrogen-bond acceptors (Lipinski definition) is 2. The van der Waals surface area contributed by atoms with Gasteiger partial charge in [-0.05, 0) is 17.7 Å². The maximum atomic E-state index is 5.75. The van der Waals surface area contributed by atoms with Crippen LogP contribution in [0.2, 0.25) is 5.02 Å². The third-order valence-corrected chi connectivity index (χ3v) is 1.99. The number of nitrogen functional groups attached to an aromatic ring is 1. The van der Waals surface area contributed by atoms with Gasteiger partial charge in [0.05, 0.1) is 10.7 Å². The first-order chi connectivity index (χ1) is 5.74. The molecule has 0 radical (unpaired) electrons. The van der Waals surface area contributed by atoms with Crippen molar-refractivity contribution in [3.63, 3.8) is 0 Å². The van der Waals surface area contributed by atoms with Crippen LogP contribution >= 0.6 is 24.2 Å². The molecule has 1 aromatic carbocycles. The number of thiol groups is 1. The van der Waals surface area contributed by atoms with Crippen molar-refractivity contribution in [2.75, 3.05) is 11.5 Å². The van der Waals surface area contributed by atoms with Gasteiger partial charge in [-0.3, -0.25) is 0 Å². The van der Waals surface area contributed by atoms with E-state index in [1.165, 1.54) is 0 Å². The van der Waals surface area contributed by atoms with Gasteiger partial charge < -0.3 is 5.73 Å². The summed E-state index contributed by atoms with van der Waals surface area (Å²) in [6.07, 6.45) is 3.91. The van der Waals surface area contributed by atoms with E-state index in [1.54, 1.807) is 6.07 Å². The molecule has 0 aliphatic heterocycles. The highest BCUT2D eigenvalue weighted by atomic mass is 35.5. The molecule has 3 heteroatoms. The fourth-order valence-corrected chi connectivity index (χ4v) is 1.08. The first-order valence-corrected chi connectivity index (χ1v) is 4.57. The van der Waals surface area contributed by atoms with Gasteiger partial charge in [0.25, 0.3) is 0 Å². The number of halogens is 1. The molecule has 0 saturated carbocycles. The molecule has 12 heavy (non-hydrogen) atoms. The van der Waals surface area contributed by atoms with E-state index < -0.39 is 0 Å². The SMILES string of the molecule is Nc1cc(C=CCS)ccc1Cl. The number of nitrogens with two attached hydrogens (primary N) is 1. The largest absolute Gasteiger partial charge is 0.398 e. The van der Waals surface area contributed by atoms with Crippen molar-refractivity contribution in [1.82, 2.24) is 0 Å². The summed E-state index contributed by atoms with van der Waals surface area (Å²) in [5, 5.41) is 0.595. The van der Waals surface area contributed by atoms with Crippen LogP contribution in [0.1, 0.15) is 5.56 Å². The van der Waals surface area contributed by atoms with E-state index in [0.717, 1.165) is 11.3 Å². The third kappa shape index (κ3) is 2.47. The molecule has 0 saturated heterocycles. The van der Waals surface area contributed by atoms with Gasteiger partial charge in [0.15, 0.2) is 0 Å². The lowest BCUT2D eigenvalue weighted by Gasteiger charge is -1.98. The van der Waals surface area contributed by atoms with Crippen molar-refractivity contribution < 1.29 is 0 Å². The van der Waals surface area contributed by atoms with Crippen LogP contribution in [0.25, 0.3) is 6.08 Å². The molecule has 64 valence electrons. The van der Waals surface area contributed by atoms with E-state index in [4.69, 9.17) is 17.3 Å². The lowest BCUT2D eigenvalue weighted by atomic mass is 10.2. The van der Waals surface area contributed by atoms with Crippen LogP contribution in [-0.2, 0) is 0 Å². The zero-order valence-corrected chi connectivity index (χ0v) is 8.15. The van der Waals surface area contributed by atoms with Gasteiger partial charge in [0, 0.05) is 5.75 Å². The molecule has 2 N–H and O–H groups in total. The second-order valence-corrected chi connectivity index (χ2v) is 3.14. The molecule has 0 amide bonds. The standard InChI is InChI=1S/C9H10ClNS/c10-8-4-3-7(2-1-5-12)6-9(8)11/h1-4,6,12H,5,11H2. The summed E-state index contributed by atoms with van der Waals surface area (Å²) >= 11 is 9.80. The Bertz CT molecular complexity index is 297. The minimum Gasteiger partial charge on any atom is -0.398 e. The van der Waals surface area contributed by atoms with Gasteiger partial charge in [0.1, 0.15) is 0 Å². The lowest BCUT2D eigenvalue weighted by Crippen LogP contribution is -1.86. The minimum atomic E-state index is 0.595. The highest BCUT2D eigenvalue weighted by Crippen LogP contribution is 2.19. The van der Waals surface area contributed by atoms with Gasteiger partial charge in [-0.15, -0.1) is 0 Å². The normalized spacial score (nSPS) is 10.8. The van der Waals surface area contributed by atoms with Crippen molar-refractivity contribution in [2.45, 2.75) is 0 Å². The summed E-state index contributed by atoms with van der Waals surface area (Å²) < 4.78 is 0. The maximum Gasteiger partial charge on any atom is 0.0635 e. The Balaban J connectivity index is 2.89. The number of anilines is 1. The lowest BCUT2D eigenvalue weighted by molar-refractivity contribution is 1.63. The van der Waals surface area contributed by atoms with Crippen molar-refractivity contribution >= 4 is 36.0 Å². The molecule has 0 aromatic heterocycles. The molecule has 0 unspecified atom stereocenters. The quantitative estimate of drug-likeness (QED) is 0.556. The molecule has 0 fully saturated rings. The molecule has 0 spiro atoms. The molecule has 1 nitrogen and oxygen atoms in total. The molecule has 0 aliphatic carbocycles. The molecule has 1 rings (SSSR count). The Morgan fingerprint density at radius 1 is 1.50 bits per heavy atom. The molecule has 0 aliphatic rings. The monoisotopic (exact) mass is 199 g/mol. The van der Waals surface area contributed by atoms with E-state index in [-0.39, 0.29) is 0 Å². The van der Waals surface area contributed by atoms with E-state index >= 15 is 0 Å². The Kier molecular flexibility index (Phi) is 3.50. The zero-order chi connectivity index (χ0) is 8.97. The molecular formula is C9H10ClNS. The van der Waals surface area contributed by atoms with E-state index in [1.807, 2.05) is 24.3 Å². The van der Waals surface area contributed by atoms with Crippen molar-refractivity contribution in [1.29, 1.82) is 0 Å². The summed E-state index contributed by atoms with van der Waals surface area (Å²) in [4.78, 5) is 0. The van der Waals surface area contributed by atoms with Crippen molar-refractivity contribution in [3.8, 4) is 0 Å². The van der Waals surface area contributed by atoms with Gasteiger partial charge in [-0.1, -0.05) is 29.8 Å². The van der Waals surface area contributed by atoms with Crippen LogP contribution in [0, 0.1) is 0 Å². The predicted octanol–water partition coefficient (Wildman–Crippen LogP) is 2.87. The second kappa shape index (κ2) is 4.43. The summed E-state index contributed by atoms with van der Waals surface area (Å²) in [7, 11) is 0. The molecule has 0 bridgehead atoms. The van der Waals surface area contributed by atoms with Gasteiger partial charge in [-0.25, -0.2) is 0 Å². The van der Waals surface area contributed by atoms with Crippen LogP contribution in [0.3, 0.4) is 0 Å². The first kappa shape index (κ1) is 9.49. The average Bonchev–Trinajstić information content (AvgIpc) is 2.07. The number of rotatable bonds is 2. The Morgan fingerprint density at radius 3 is 2.83 bits per heavy atom.